The molecular formula is C19H20O2. The third-order valence-electron chi connectivity index (χ3n) is 4.38. The van der Waals surface area contributed by atoms with E-state index in [1.165, 1.54) is 11.1 Å². The molecule has 1 fully saturated rings. The van der Waals surface area contributed by atoms with E-state index in [1.54, 1.807) is 0 Å². The van der Waals surface area contributed by atoms with E-state index < -0.39 is 5.60 Å². The van der Waals surface area contributed by atoms with Crippen LogP contribution in [0.1, 0.15) is 36.1 Å². The number of aryl methyl sites for hydroxylation is 2. The fourth-order valence-corrected chi connectivity index (χ4v) is 3.25. The van der Waals surface area contributed by atoms with Crippen LogP contribution in [0.2, 0.25) is 0 Å². The Morgan fingerprint density at radius 2 is 1.43 bits per heavy atom. The Bertz CT molecular complexity index is 613. The number of aldehydes is 1. The zero-order valence-electron chi connectivity index (χ0n) is 12.5. The second kappa shape index (κ2) is 5.45. The summed E-state index contributed by atoms with van der Waals surface area (Å²) in [5.74, 6) is 0. The first kappa shape index (κ1) is 14.0. The Labute approximate surface area is 125 Å². The molecule has 21 heavy (non-hydrogen) atoms. The lowest BCUT2D eigenvalue weighted by molar-refractivity contribution is -0.108. The van der Waals surface area contributed by atoms with Gasteiger partial charge in [0.1, 0.15) is 0 Å². The summed E-state index contributed by atoms with van der Waals surface area (Å²) in [5, 5.41) is 0. The van der Waals surface area contributed by atoms with Crippen molar-refractivity contribution in [3.63, 3.8) is 0 Å². The van der Waals surface area contributed by atoms with E-state index in [-0.39, 0.29) is 6.10 Å². The molecule has 0 bridgehead atoms. The summed E-state index contributed by atoms with van der Waals surface area (Å²) in [4.78, 5) is 11.4. The number of ether oxygens (including phenoxy) is 1. The van der Waals surface area contributed by atoms with Crippen LogP contribution in [0.25, 0.3) is 0 Å². The van der Waals surface area contributed by atoms with Gasteiger partial charge in [0.2, 0.25) is 0 Å². The van der Waals surface area contributed by atoms with E-state index in [1.807, 2.05) is 24.3 Å². The lowest BCUT2D eigenvalue weighted by atomic mass is 9.82. The van der Waals surface area contributed by atoms with Crippen molar-refractivity contribution in [2.75, 3.05) is 0 Å². The minimum atomic E-state index is -0.582. The molecule has 2 aromatic rings. The van der Waals surface area contributed by atoms with Gasteiger partial charge in [-0.15, -0.1) is 0 Å². The molecule has 2 heteroatoms. The van der Waals surface area contributed by atoms with Crippen LogP contribution in [-0.4, -0.2) is 12.4 Å². The van der Waals surface area contributed by atoms with Crippen molar-refractivity contribution < 1.29 is 9.53 Å². The molecule has 1 heterocycles. The van der Waals surface area contributed by atoms with E-state index in [4.69, 9.17) is 4.74 Å². The smallest absolute Gasteiger partial charge is 0.153 e. The van der Waals surface area contributed by atoms with Crippen molar-refractivity contribution in [3.8, 4) is 0 Å². The van der Waals surface area contributed by atoms with Crippen molar-refractivity contribution in [2.24, 2.45) is 0 Å². The number of hydrogen-bond acceptors (Lipinski definition) is 2. The highest BCUT2D eigenvalue weighted by Crippen LogP contribution is 2.52. The molecule has 0 aliphatic carbocycles. The molecule has 108 valence electrons. The van der Waals surface area contributed by atoms with Crippen LogP contribution in [-0.2, 0) is 28.0 Å². The minimum Gasteiger partial charge on any atom is -0.348 e. The molecular weight excluding hydrogens is 260 g/mol. The normalized spacial score (nSPS) is 19.2. The zero-order valence-corrected chi connectivity index (χ0v) is 12.5. The summed E-state index contributed by atoms with van der Waals surface area (Å²) in [6, 6.07) is 16.6. The Balaban J connectivity index is 2.20. The molecule has 1 atom stereocenters. The summed E-state index contributed by atoms with van der Waals surface area (Å²) in [5.41, 5.74) is 4.16. The first-order valence-corrected chi connectivity index (χ1v) is 7.57. The summed E-state index contributed by atoms with van der Waals surface area (Å²) in [6.07, 6.45) is 2.42. The van der Waals surface area contributed by atoms with Crippen molar-refractivity contribution in [1.82, 2.24) is 0 Å². The van der Waals surface area contributed by atoms with Crippen LogP contribution in [0.4, 0.5) is 0 Å². The molecule has 0 N–H and O–H groups in total. The quantitative estimate of drug-likeness (QED) is 0.618. The van der Waals surface area contributed by atoms with E-state index in [0.29, 0.717) is 0 Å². The van der Waals surface area contributed by atoms with Crippen molar-refractivity contribution >= 4 is 6.29 Å². The first-order chi connectivity index (χ1) is 10.3. The van der Waals surface area contributed by atoms with Crippen molar-refractivity contribution in [2.45, 2.75) is 38.4 Å². The van der Waals surface area contributed by atoms with Crippen LogP contribution in [0.3, 0.4) is 0 Å². The number of benzene rings is 2. The van der Waals surface area contributed by atoms with Gasteiger partial charge in [-0.25, -0.2) is 0 Å². The van der Waals surface area contributed by atoms with Crippen LogP contribution < -0.4 is 0 Å². The number of rotatable bonds is 5. The Morgan fingerprint density at radius 3 is 1.81 bits per heavy atom. The van der Waals surface area contributed by atoms with Gasteiger partial charge in [-0.05, 0) is 35.1 Å². The number of hydrogen-bond donors (Lipinski definition) is 0. The van der Waals surface area contributed by atoms with Gasteiger partial charge in [0.05, 0.1) is 0 Å². The predicted octanol–water partition coefficient (Wildman–Crippen LogP) is 3.65. The van der Waals surface area contributed by atoms with Crippen LogP contribution in [0, 0.1) is 0 Å². The van der Waals surface area contributed by atoms with Crippen molar-refractivity contribution in [3.05, 3.63) is 70.8 Å². The van der Waals surface area contributed by atoms with E-state index in [2.05, 4.69) is 38.1 Å². The van der Waals surface area contributed by atoms with Crippen LogP contribution >= 0.6 is 0 Å². The average Bonchev–Trinajstić information content (AvgIpc) is 3.30. The van der Waals surface area contributed by atoms with Gasteiger partial charge >= 0.3 is 0 Å². The summed E-state index contributed by atoms with van der Waals surface area (Å²) >= 11 is 0. The lowest BCUT2D eigenvalue weighted by Gasteiger charge is -2.20. The van der Waals surface area contributed by atoms with Gasteiger partial charge in [0, 0.05) is 0 Å². The molecule has 2 nitrogen and oxygen atoms in total. The van der Waals surface area contributed by atoms with Gasteiger partial charge < -0.3 is 9.53 Å². The Morgan fingerprint density at radius 1 is 0.952 bits per heavy atom. The first-order valence-electron chi connectivity index (χ1n) is 7.57. The average molecular weight is 280 g/mol. The maximum atomic E-state index is 11.4. The lowest BCUT2D eigenvalue weighted by Crippen LogP contribution is -2.19. The molecule has 0 amide bonds. The van der Waals surface area contributed by atoms with Gasteiger partial charge in [0.25, 0.3) is 0 Å². The standard InChI is InChI=1S/C19H20O2/c1-3-14-9-5-7-11-16(14)19(18(13-20)21-19)17-12-8-6-10-15(17)4-2/h5-13,18H,3-4H2,1-2H3. The predicted molar refractivity (Wildman–Crippen MR) is 83.4 cm³/mol. The summed E-state index contributed by atoms with van der Waals surface area (Å²) in [6.45, 7) is 4.27. The molecule has 0 aromatic heterocycles. The fourth-order valence-electron chi connectivity index (χ4n) is 3.25. The maximum Gasteiger partial charge on any atom is 0.153 e. The molecule has 1 unspecified atom stereocenters. The third-order valence-corrected chi connectivity index (χ3v) is 4.38. The van der Waals surface area contributed by atoms with E-state index >= 15 is 0 Å². The third kappa shape index (κ3) is 2.11. The van der Waals surface area contributed by atoms with Gasteiger partial charge in [0.15, 0.2) is 18.0 Å². The number of carbonyl (C=O) groups excluding carboxylic acids is 1. The second-order valence-corrected chi connectivity index (χ2v) is 5.43. The second-order valence-electron chi connectivity index (χ2n) is 5.43. The van der Waals surface area contributed by atoms with Crippen molar-refractivity contribution in [1.29, 1.82) is 0 Å². The molecule has 1 aliphatic heterocycles. The van der Waals surface area contributed by atoms with Crippen LogP contribution in [0.15, 0.2) is 48.5 Å². The minimum absolute atomic E-state index is 0.377. The number of epoxide rings is 1. The number of carbonyl (C=O) groups is 1. The van der Waals surface area contributed by atoms with E-state index in [0.717, 1.165) is 30.3 Å². The monoisotopic (exact) mass is 280 g/mol. The van der Waals surface area contributed by atoms with E-state index in [9.17, 15) is 4.79 Å². The Kier molecular flexibility index (Phi) is 3.64. The highest BCUT2D eigenvalue weighted by atomic mass is 16.6. The van der Waals surface area contributed by atoms with Gasteiger partial charge in [-0.1, -0.05) is 62.4 Å². The molecule has 0 spiro atoms. The molecule has 0 saturated carbocycles. The molecule has 0 radical (unpaired) electrons. The zero-order chi connectivity index (χ0) is 14.9. The maximum absolute atomic E-state index is 11.4. The van der Waals surface area contributed by atoms with Crippen LogP contribution in [0.5, 0.6) is 0 Å². The topological polar surface area (TPSA) is 29.6 Å². The molecule has 2 aromatic carbocycles. The molecule has 3 rings (SSSR count). The summed E-state index contributed by atoms with van der Waals surface area (Å²) in [7, 11) is 0. The SMILES string of the molecule is CCc1ccccc1C1(c2ccccc2CC)OC1C=O. The molecule has 1 saturated heterocycles. The largest absolute Gasteiger partial charge is 0.348 e. The fraction of sp³-hybridized carbons (Fsp3) is 0.316. The Hall–Kier alpha value is -1.93. The highest BCUT2D eigenvalue weighted by molar-refractivity contribution is 5.69. The summed E-state index contributed by atoms with van der Waals surface area (Å²) < 4.78 is 5.94. The highest BCUT2D eigenvalue weighted by Gasteiger charge is 2.60. The van der Waals surface area contributed by atoms with Gasteiger partial charge in [-0.3, -0.25) is 0 Å². The molecule has 1 aliphatic rings. The van der Waals surface area contributed by atoms with Gasteiger partial charge in [-0.2, -0.15) is 0 Å².